The van der Waals surface area contributed by atoms with Crippen molar-refractivity contribution in [1.82, 2.24) is 9.97 Å². The van der Waals surface area contributed by atoms with E-state index in [4.69, 9.17) is 10.2 Å². The van der Waals surface area contributed by atoms with Gasteiger partial charge in [-0.05, 0) is 24.3 Å². The van der Waals surface area contributed by atoms with Gasteiger partial charge in [0, 0.05) is 41.9 Å². The van der Waals surface area contributed by atoms with Crippen molar-refractivity contribution in [1.29, 1.82) is 0 Å². The van der Waals surface area contributed by atoms with Crippen LogP contribution in [-0.4, -0.2) is 49.2 Å². The van der Waals surface area contributed by atoms with Gasteiger partial charge in [0.05, 0.1) is 11.1 Å². The van der Waals surface area contributed by atoms with Gasteiger partial charge in [-0.3, -0.25) is 9.97 Å². The first-order valence-electron chi connectivity index (χ1n) is 4.88. The zero-order chi connectivity index (χ0) is 13.4. The third kappa shape index (κ3) is 6.30. The number of aromatic nitrogens is 2. The molecule has 2 radical (unpaired) electrons. The second kappa shape index (κ2) is 8.79. The van der Waals surface area contributed by atoms with Gasteiger partial charge in [0.2, 0.25) is 0 Å². The van der Waals surface area contributed by atoms with Gasteiger partial charge in [-0.25, -0.2) is 9.59 Å². The topological polar surface area (TPSA) is 100 Å². The van der Waals surface area contributed by atoms with Gasteiger partial charge in [0.1, 0.15) is 0 Å². The zero-order valence-corrected chi connectivity index (χ0v) is 11.3. The van der Waals surface area contributed by atoms with Crippen LogP contribution in [0.2, 0.25) is 0 Å². The molecule has 0 spiro atoms. The van der Waals surface area contributed by atoms with Crippen LogP contribution < -0.4 is 0 Å². The van der Waals surface area contributed by atoms with Gasteiger partial charge in [-0.1, -0.05) is 0 Å². The number of rotatable bonds is 2. The summed E-state index contributed by atoms with van der Waals surface area (Å²) < 4.78 is 0. The van der Waals surface area contributed by atoms with E-state index in [1.165, 1.54) is 36.9 Å². The van der Waals surface area contributed by atoms with Gasteiger partial charge in [0.25, 0.3) is 0 Å². The molecule has 0 saturated carbocycles. The maximum atomic E-state index is 10.2. The summed E-state index contributed by atoms with van der Waals surface area (Å²) in [6.07, 6.45) is 5.68. The molecule has 0 aliphatic heterocycles. The van der Waals surface area contributed by atoms with Crippen LogP contribution in [0.15, 0.2) is 49.1 Å². The van der Waals surface area contributed by atoms with Gasteiger partial charge >= 0.3 is 11.9 Å². The maximum Gasteiger partial charge on any atom is 0.337 e. The molecule has 0 aliphatic rings. The van der Waals surface area contributed by atoms with E-state index >= 15 is 0 Å². The van der Waals surface area contributed by atoms with Crippen LogP contribution in [0, 0.1) is 0 Å². The molecule has 6 nitrogen and oxygen atoms in total. The minimum absolute atomic E-state index is 0. The Kier molecular flexibility index (Phi) is 7.76. The number of carboxylic acid groups (broad SMARTS) is 2. The SMILES string of the molecule is O=C(O)c1cccnc1.O=C(O)c1cccnc1.[Se]. The molecule has 2 aromatic heterocycles. The van der Waals surface area contributed by atoms with Crippen molar-refractivity contribution in [2.45, 2.75) is 0 Å². The first-order valence-corrected chi connectivity index (χ1v) is 4.88. The van der Waals surface area contributed by atoms with Crippen LogP contribution in [0.25, 0.3) is 0 Å². The third-order valence-corrected chi connectivity index (χ3v) is 1.82. The summed E-state index contributed by atoms with van der Waals surface area (Å²) >= 11 is 0. The molecular weight excluding hydrogens is 315 g/mol. The molecule has 98 valence electrons. The van der Waals surface area contributed by atoms with Gasteiger partial charge in [-0.15, -0.1) is 0 Å². The molecule has 2 rings (SSSR count). The van der Waals surface area contributed by atoms with Crippen molar-refractivity contribution >= 4 is 29.0 Å². The molecule has 0 atom stereocenters. The second-order valence-corrected chi connectivity index (χ2v) is 3.09. The van der Waals surface area contributed by atoms with Gasteiger partial charge in [-0.2, -0.15) is 0 Å². The largest absolute Gasteiger partial charge is 0.478 e. The summed E-state index contributed by atoms with van der Waals surface area (Å²) in [5.41, 5.74) is 0.440. The van der Waals surface area contributed by atoms with E-state index in [0.717, 1.165) is 0 Å². The van der Waals surface area contributed by atoms with Gasteiger partial charge in [0.15, 0.2) is 0 Å². The molecule has 0 unspecified atom stereocenters. The first kappa shape index (κ1) is 16.8. The minimum Gasteiger partial charge on any atom is -0.478 e. The standard InChI is InChI=1S/2C6H5NO2.Se/c2*8-6(9)5-2-1-3-7-4-5;/h2*1-4H,(H,8,9);. The number of aromatic carboxylic acids is 2. The first-order chi connectivity index (χ1) is 8.61. The second-order valence-electron chi connectivity index (χ2n) is 3.09. The van der Waals surface area contributed by atoms with Crippen molar-refractivity contribution in [3.63, 3.8) is 0 Å². The maximum absolute atomic E-state index is 10.2. The average Bonchev–Trinajstić information content (AvgIpc) is 2.41. The summed E-state index contributed by atoms with van der Waals surface area (Å²) in [5, 5.41) is 16.7. The molecule has 0 amide bonds. The summed E-state index contributed by atoms with van der Waals surface area (Å²) in [6, 6.07) is 6.16. The molecule has 0 aromatic carbocycles. The van der Waals surface area contributed by atoms with Crippen LogP contribution in [-0.2, 0) is 0 Å². The Bertz CT molecular complexity index is 470. The number of nitrogens with zero attached hydrogens (tertiary/aromatic N) is 2. The van der Waals surface area contributed by atoms with E-state index in [-0.39, 0.29) is 28.2 Å². The average molecular weight is 325 g/mol. The summed E-state index contributed by atoms with van der Waals surface area (Å²) in [5.74, 6) is -1.88. The molecule has 0 bridgehead atoms. The van der Waals surface area contributed by atoms with Crippen molar-refractivity contribution in [3.05, 3.63) is 60.2 Å². The fraction of sp³-hybridized carbons (Fsp3) is 0. The van der Waals surface area contributed by atoms with E-state index in [0.29, 0.717) is 0 Å². The van der Waals surface area contributed by atoms with E-state index in [2.05, 4.69) is 9.97 Å². The summed E-state index contributed by atoms with van der Waals surface area (Å²) in [4.78, 5) is 27.6. The predicted octanol–water partition coefficient (Wildman–Crippen LogP) is 1.18. The summed E-state index contributed by atoms with van der Waals surface area (Å²) in [6.45, 7) is 0. The van der Waals surface area contributed by atoms with Crippen LogP contribution in [0.3, 0.4) is 0 Å². The molecule has 0 saturated heterocycles. The van der Waals surface area contributed by atoms with E-state index < -0.39 is 11.9 Å². The van der Waals surface area contributed by atoms with E-state index in [1.54, 1.807) is 12.1 Å². The summed E-state index contributed by atoms with van der Waals surface area (Å²) in [7, 11) is 0. The molecule has 2 aromatic rings. The van der Waals surface area contributed by atoms with Crippen LogP contribution in [0.5, 0.6) is 0 Å². The van der Waals surface area contributed by atoms with E-state index in [1.807, 2.05) is 0 Å². The fourth-order valence-electron chi connectivity index (χ4n) is 0.979. The van der Waals surface area contributed by atoms with Crippen molar-refractivity contribution < 1.29 is 19.8 Å². The number of carboxylic acids is 2. The molecule has 19 heavy (non-hydrogen) atoms. The smallest absolute Gasteiger partial charge is 0.337 e. The van der Waals surface area contributed by atoms with Crippen molar-refractivity contribution in [2.24, 2.45) is 0 Å². The fourth-order valence-corrected chi connectivity index (χ4v) is 0.979. The monoisotopic (exact) mass is 326 g/mol. The normalized spacial score (nSPS) is 8.42. The Hall–Kier alpha value is -2.24. The van der Waals surface area contributed by atoms with Crippen LogP contribution in [0.4, 0.5) is 0 Å². The molecule has 2 N–H and O–H groups in total. The predicted molar refractivity (Wildman–Crippen MR) is 68.1 cm³/mol. The van der Waals surface area contributed by atoms with Gasteiger partial charge < -0.3 is 10.2 Å². The Morgan fingerprint density at radius 3 is 1.37 bits per heavy atom. The van der Waals surface area contributed by atoms with E-state index in [9.17, 15) is 9.59 Å². The Balaban J connectivity index is 0.000000324. The Morgan fingerprint density at radius 2 is 1.21 bits per heavy atom. The van der Waals surface area contributed by atoms with Crippen LogP contribution in [0.1, 0.15) is 20.7 Å². The number of carbonyl (C=O) groups is 2. The molecule has 2 heterocycles. The Morgan fingerprint density at radius 1 is 0.842 bits per heavy atom. The molecular formula is C12H10N2O4Se. The molecule has 0 fully saturated rings. The number of pyridine rings is 2. The van der Waals surface area contributed by atoms with Crippen molar-refractivity contribution in [2.75, 3.05) is 0 Å². The number of hydrogen-bond donors (Lipinski definition) is 2. The molecule has 7 heteroatoms. The quantitative estimate of drug-likeness (QED) is 0.804. The third-order valence-electron chi connectivity index (χ3n) is 1.82. The Labute approximate surface area is 119 Å². The molecule has 0 aliphatic carbocycles. The van der Waals surface area contributed by atoms with Crippen molar-refractivity contribution in [3.8, 4) is 0 Å². The van der Waals surface area contributed by atoms with Crippen LogP contribution >= 0.6 is 0 Å². The number of hydrogen-bond acceptors (Lipinski definition) is 4. The zero-order valence-electron chi connectivity index (χ0n) is 9.63. The minimum atomic E-state index is -0.942.